The molecule has 0 atom stereocenters. The zero-order valence-corrected chi connectivity index (χ0v) is 14.5. The van der Waals surface area contributed by atoms with Crippen LogP contribution in [0.25, 0.3) is 5.52 Å². The monoisotopic (exact) mass is 353 g/mol. The molecule has 0 unspecified atom stereocenters. The number of sulfonamides is 1. The Balaban J connectivity index is 1.94. The SMILES string of the molecule is Cc1ccccc1S(=O)(=O)N(C)/N=C\c1cnn2ccc(C#N)cc12. The average Bonchev–Trinajstić information content (AvgIpc) is 3.01. The Morgan fingerprint density at radius 1 is 1.32 bits per heavy atom. The van der Waals surface area contributed by atoms with Crippen molar-refractivity contribution >= 4 is 21.8 Å². The number of fused-ring (bicyclic) bond motifs is 1. The number of aryl methyl sites for hydroxylation is 1. The van der Waals surface area contributed by atoms with E-state index in [2.05, 4.69) is 16.3 Å². The molecule has 8 heteroatoms. The lowest BCUT2D eigenvalue weighted by atomic mass is 10.2. The molecule has 0 aliphatic heterocycles. The van der Waals surface area contributed by atoms with Crippen LogP contribution in [-0.4, -0.2) is 35.7 Å². The molecule has 7 nitrogen and oxygen atoms in total. The van der Waals surface area contributed by atoms with E-state index in [1.54, 1.807) is 60.2 Å². The third kappa shape index (κ3) is 3.09. The fourth-order valence-electron chi connectivity index (χ4n) is 2.36. The van der Waals surface area contributed by atoms with E-state index >= 15 is 0 Å². The predicted molar refractivity (Wildman–Crippen MR) is 93.6 cm³/mol. The first-order chi connectivity index (χ1) is 11.9. The lowest BCUT2D eigenvalue weighted by Gasteiger charge is -2.15. The lowest BCUT2D eigenvalue weighted by Crippen LogP contribution is -2.22. The number of hydrogen-bond acceptors (Lipinski definition) is 5. The predicted octanol–water partition coefficient (Wildman–Crippen LogP) is 2.17. The number of benzene rings is 1. The second-order valence-electron chi connectivity index (χ2n) is 5.41. The van der Waals surface area contributed by atoms with Crippen molar-refractivity contribution in [3.8, 4) is 6.07 Å². The summed E-state index contributed by atoms with van der Waals surface area (Å²) in [6.07, 6.45) is 4.65. The molecule has 1 aromatic carbocycles. The van der Waals surface area contributed by atoms with Gasteiger partial charge in [-0.1, -0.05) is 18.2 Å². The van der Waals surface area contributed by atoms with Gasteiger partial charge < -0.3 is 0 Å². The number of aromatic nitrogens is 2. The molecule has 0 fully saturated rings. The van der Waals surface area contributed by atoms with Crippen LogP contribution in [0.1, 0.15) is 16.7 Å². The highest BCUT2D eigenvalue weighted by molar-refractivity contribution is 7.89. The molecule has 0 saturated carbocycles. The molecular formula is C17H15N5O2S. The largest absolute Gasteiger partial charge is 0.279 e. The number of hydrazone groups is 1. The van der Waals surface area contributed by atoms with Gasteiger partial charge in [-0.25, -0.2) is 4.52 Å². The van der Waals surface area contributed by atoms with Gasteiger partial charge in [0.15, 0.2) is 0 Å². The minimum absolute atomic E-state index is 0.210. The van der Waals surface area contributed by atoms with E-state index in [4.69, 9.17) is 5.26 Å². The summed E-state index contributed by atoms with van der Waals surface area (Å²) in [6.45, 7) is 1.74. The molecule has 0 radical (unpaired) electrons. The van der Waals surface area contributed by atoms with Crippen molar-refractivity contribution in [2.24, 2.45) is 5.10 Å². The summed E-state index contributed by atoms with van der Waals surface area (Å²) in [5.41, 5.74) is 2.43. The van der Waals surface area contributed by atoms with E-state index in [0.29, 0.717) is 22.2 Å². The van der Waals surface area contributed by atoms with Gasteiger partial charge in [-0.3, -0.25) is 0 Å². The lowest BCUT2D eigenvalue weighted by molar-refractivity contribution is 0.490. The first-order valence-corrected chi connectivity index (χ1v) is 8.83. The van der Waals surface area contributed by atoms with E-state index in [1.165, 1.54) is 13.3 Å². The molecule has 3 rings (SSSR count). The van der Waals surface area contributed by atoms with Crippen molar-refractivity contribution in [2.75, 3.05) is 7.05 Å². The second kappa shape index (κ2) is 6.37. The Hall–Kier alpha value is -3.18. The maximum atomic E-state index is 12.6. The van der Waals surface area contributed by atoms with Crippen molar-refractivity contribution < 1.29 is 8.42 Å². The van der Waals surface area contributed by atoms with Crippen LogP contribution in [0.4, 0.5) is 0 Å². The quantitative estimate of drug-likeness (QED) is 0.531. The Kier molecular flexibility index (Phi) is 4.25. The van der Waals surface area contributed by atoms with Crippen LogP contribution in [-0.2, 0) is 10.0 Å². The van der Waals surface area contributed by atoms with Crippen molar-refractivity contribution in [1.29, 1.82) is 5.26 Å². The number of nitriles is 1. The Morgan fingerprint density at radius 3 is 2.80 bits per heavy atom. The van der Waals surface area contributed by atoms with Crippen LogP contribution in [0.15, 0.2) is 58.8 Å². The first kappa shape index (κ1) is 16.7. The molecule has 25 heavy (non-hydrogen) atoms. The van der Waals surface area contributed by atoms with Crippen molar-refractivity contribution in [1.82, 2.24) is 14.0 Å². The Labute approximate surface area is 145 Å². The van der Waals surface area contributed by atoms with Gasteiger partial charge in [0.25, 0.3) is 10.0 Å². The summed E-state index contributed by atoms with van der Waals surface area (Å²) in [5, 5.41) is 17.2. The molecule has 0 bridgehead atoms. The Morgan fingerprint density at radius 2 is 2.08 bits per heavy atom. The maximum Gasteiger partial charge on any atom is 0.279 e. The average molecular weight is 353 g/mol. The summed E-state index contributed by atoms with van der Waals surface area (Å²) in [7, 11) is -2.35. The minimum atomic E-state index is -3.73. The normalized spacial score (nSPS) is 11.7. The van der Waals surface area contributed by atoms with Crippen molar-refractivity contribution in [3.63, 3.8) is 0 Å². The van der Waals surface area contributed by atoms with Crippen LogP contribution in [0.5, 0.6) is 0 Å². The highest BCUT2D eigenvalue weighted by Crippen LogP contribution is 2.19. The van der Waals surface area contributed by atoms with E-state index < -0.39 is 10.0 Å². The summed E-state index contributed by atoms with van der Waals surface area (Å²) in [6, 6.07) is 12.1. The van der Waals surface area contributed by atoms with Crippen LogP contribution >= 0.6 is 0 Å². The topological polar surface area (TPSA) is 90.8 Å². The molecule has 0 saturated heterocycles. The van der Waals surface area contributed by atoms with Crippen LogP contribution in [0.2, 0.25) is 0 Å². The van der Waals surface area contributed by atoms with E-state index in [-0.39, 0.29) is 4.90 Å². The third-order valence-corrected chi connectivity index (χ3v) is 5.56. The number of rotatable bonds is 4. The molecule has 0 aliphatic rings. The molecule has 126 valence electrons. The molecule has 0 amide bonds. The molecule has 3 aromatic rings. The number of hydrogen-bond donors (Lipinski definition) is 0. The summed E-state index contributed by atoms with van der Waals surface area (Å²) >= 11 is 0. The van der Waals surface area contributed by atoms with Crippen LogP contribution in [0, 0.1) is 18.3 Å². The van der Waals surface area contributed by atoms with Gasteiger partial charge >= 0.3 is 0 Å². The van der Waals surface area contributed by atoms with Gasteiger partial charge in [0, 0.05) is 18.8 Å². The van der Waals surface area contributed by atoms with Gasteiger partial charge in [0.1, 0.15) is 0 Å². The maximum absolute atomic E-state index is 12.6. The molecule has 0 spiro atoms. The zero-order valence-electron chi connectivity index (χ0n) is 13.7. The number of pyridine rings is 1. The minimum Gasteiger partial charge on any atom is -0.240 e. The summed E-state index contributed by atoms with van der Waals surface area (Å²) < 4.78 is 27.8. The third-order valence-electron chi connectivity index (χ3n) is 3.76. The van der Waals surface area contributed by atoms with E-state index in [1.807, 2.05) is 0 Å². The van der Waals surface area contributed by atoms with Crippen LogP contribution < -0.4 is 0 Å². The fourth-order valence-corrected chi connectivity index (χ4v) is 3.54. The summed E-state index contributed by atoms with van der Waals surface area (Å²) in [5.74, 6) is 0. The van der Waals surface area contributed by atoms with Gasteiger partial charge in [0.05, 0.1) is 34.5 Å². The van der Waals surface area contributed by atoms with E-state index in [0.717, 1.165) is 4.41 Å². The molecule has 2 aromatic heterocycles. The van der Waals surface area contributed by atoms with Crippen molar-refractivity contribution in [3.05, 3.63) is 65.5 Å². The molecule has 0 aliphatic carbocycles. The second-order valence-corrected chi connectivity index (χ2v) is 7.32. The van der Waals surface area contributed by atoms with E-state index in [9.17, 15) is 8.42 Å². The van der Waals surface area contributed by atoms with Gasteiger partial charge in [0.2, 0.25) is 0 Å². The molecule has 0 N–H and O–H groups in total. The zero-order chi connectivity index (χ0) is 18.0. The highest BCUT2D eigenvalue weighted by Gasteiger charge is 2.21. The van der Waals surface area contributed by atoms with Gasteiger partial charge in [-0.15, -0.1) is 0 Å². The smallest absolute Gasteiger partial charge is 0.240 e. The molecule has 2 heterocycles. The van der Waals surface area contributed by atoms with Gasteiger partial charge in [-0.2, -0.15) is 28.3 Å². The number of nitrogens with zero attached hydrogens (tertiary/aromatic N) is 5. The Bertz CT molecular complexity index is 1110. The highest BCUT2D eigenvalue weighted by atomic mass is 32.2. The van der Waals surface area contributed by atoms with Crippen molar-refractivity contribution in [2.45, 2.75) is 11.8 Å². The first-order valence-electron chi connectivity index (χ1n) is 7.39. The summed E-state index contributed by atoms with van der Waals surface area (Å²) in [4.78, 5) is 0.210. The molecular weight excluding hydrogens is 338 g/mol. The standard InChI is InChI=1S/C17H15N5O2S/c1-13-5-3-4-6-17(13)25(23,24)21(2)19-11-15-12-20-22-8-7-14(10-18)9-16(15)22/h3-9,11-12H,1-2H3/b19-11-. The fraction of sp³-hybridized carbons (Fsp3) is 0.118. The van der Waals surface area contributed by atoms with Gasteiger partial charge in [-0.05, 0) is 30.7 Å². The van der Waals surface area contributed by atoms with Crippen LogP contribution in [0.3, 0.4) is 0 Å².